The van der Waals surface area contributed by atoms with Crippen LogP contribution in [0.4, 0.5) is 13.2 Å². The zero-order valence-corrected chi connectivity index (χ0v) is 14.7. The fourth-order valence-corrected chi connectivity index (χ4v) is 4.66. The molecule has 1 amide bonds. The SMILES string of the molecule is Cc1nc(-c2cccs2)c(CC(=O)N2CCC[C@@H](C(F)(F)F)C2)s1. The summed E-state index contributed by atoms with van der Waals surface area (Å²) in [6.07, 6.45) is -3.62. The molecule has 1 fully saturated rings. The van der Waals surface area contributed by atoms with Crippen LogP contribution < -0.4 is 0 Å². The smallest absolute Gasteiger partial charge is 0.342 e. The van der Waals surface area contributed by atoms with Crippen LogP contribution in [0.5, 0.6) is 0 Å². The fraction of sp³-hybridized carbons (Fsp3) is 0.500. The molecule has 1 aliphatic rings. The first-order chi connectivity index (χ1) is 11.3. The normalized spacial score (nSPS) is 18.8. The molecule has 0 spiro atoms. The summed E-state index contributed by atoms with van der Waals surface area (Å²) >= 11 is 2.98. The molecule has 130 valence electrons. The van der Waals surface area contributed by atoms with Gasteiger partial charge in [-0.15, -0.1) is 22.7 Å². The van der Waals surface area contributed by atoms with Gasteiger partial charge >= 0.3 is 6.18 Å². The van der Waals surface area contributed by atoms with Crippen molar-refractivity contribution in [3.63, 3.8) is 0 Å². The molecule has 0 aromatic carbocycles. The van der Waals surface area contributed by atoms with Crippen LogP contribution >= 0.6 is 22.7 Å². The van der Waals surface area contributed by atoms with E-state index in [4.69, 9.17) is 0 Å². The number of thiophene rings is 1. The van der Waals surface area contributed by atoms with Gasteiger partial charge in [0.25, 0.3) is 0 Å². The first-order valence-corrected chi connectivity index (χ1v) is 9.39. The van der Waals surface area contributed by atoms with Crippen molar-refractivity contribution in [2.45, 2.75) is 32.4 Å². The van der Waals surface area contributed by atoms with Crippen molar-refractivity contribution in [2.24, 2.45) is 5.92 Å². The molecule has 1 saturated heterocycles. The number of hydrogen-bond acceptors (Lipinski definition) is 4. The summed E-state index contributed by atoms with van der Waals surface area (Å²) in [5, 5.41) is 2.79. The lowest BCUT2D eigenvalue weighted by Crippen LogP contribution is -2.45. The summed E-state index contributed by atoms with van der Waals surface area (Å²) < 4.78 is 38.7. The Morgan fingerprint density at radius 3 is 2.92 bits per heavy atom. The summed E-state index contributed by atoms with van der Waals surface area (Å²) in [5.41, 5.74) is 0.783. The van der Waals surface area contributed by atoms with Crippen molar-refractivity contribution in [1.82, 2.24) is 9.88 Å². The number of amides is 1. The topological polar surface area (TPSA) is 33.2 Å². The van der Waals surface area contributed by atoms with Crippen LogP contribution in [0.15, 0.2) is 17.5 Å². The van der Waals surface area contributed by atoms with Crippen molar-refractivity contribution >= 4 is 28.6 Å². The van der Waals surface area contributed by atoms with E-state index in [9.17, 15) is 18.0 Å². The lowest BCUT2D eigenvalue weighted by molar-refractivity contribution is -0.187. The van der Waals surface area contributed by atoms with E-state index in [1.807, 2.05) is 24.4 Å². The summed E-state index contributed by atoms with van der Waals surface area (Å²) in [4.78, 5) is 20.2. The molecule has 24 heavy (non-hydrogen) atoms. The molecule has 3 heterocycles. The Kier molecular flexibility index (Phi) is 4.96. The van der Waals surface area contributed by atoms with E-state index in [1.165, 1.54) is 16.2 Å². The van der Waals surface area contributed by atoms with Gasteiger partial charge in [-0.3, -0.25) is 4.79 Å². The number of piperidine rings is 1. The minimum atomic E-state index is -4.23. The molecule has 2 aromatic rings. The number of thiazole rings is 1. The average Bonchev–Trinajstić information content (AvgIpc) is 3.16. The highest BCUT2D eigenvalue weighted by Crippen LogP contribution is 2.35. The third-order valence-electron chi connectivity index (χ3n) is 4.11. The second-order valence-corrected chi connectivity index (χ2v) is 8.11. The maximum absolute atomic E-state index is 12.9. The summed E-state index contributed by atoms with van der Waals surface area (Å²) in [6.45, 7) is 2.04. The monoisotopic (exact) mass is 374 g/mol. The van der Waals surface area contributed by atoms with Gasteiger partial charge in [0, 0.05) is 18.0 Å². The molecule has 1 aliphatic heterocycles. The molecule has 0 aliphatic carbocycles. The van der Waals surface area contributed by atoms with Gasteiger partial charge in [-0.25, -0.2) is 4.98 Å². The fourth-order valence-electron chi connectivity index (χ4n) is 2.91. The molecule has 0 N–H and O–H groups in total. The molecule has 3 rings (SSSR count). The van der Waals surface area contributed by atoms with Crippen LogP contribution in [-0.4, -0.2) is 35.1 Å². The molecule has 3 nitrogen and oxygen atoms in total. The van der Waals surface area contributed by atoms with Gasteiger partial charge in [-0.05, 0) is 31.2 Å². The van der Waals surface area contributed by atoms with Gasteiger partial charge in [0.2, 0.25) is 5.91 Å². The van der Waals surface area contributed by atoms with E-state index in [0.717, 1.165) is 20.5 Å². The number of alkyl halides is 3. The second kappa shape index (κ2) is 6.84. The summed E-state index contributed by atoms with van der Waals surface area (Å²) in [5.74, 6) is -1.65. The number of likely N-dealkylation sites (tertiary alicyclic amines) is 1. The zero-order valence-electron chi connectivity index (χ0n) is 13.1. The Morgan fingerprint density at radius 1 is 1.46 bits per heavy atom. The number of aryl methyl sites for hydroxylation is 1. The van der Waals surface area contributed by atoms with E-state index >= 15 is 0 Å². The van der Waals surface area contributed by atoms with E-state index in [2.05, 4.69) is 4.98 Å². The Labute approximate surface area is 146 Å². The first kappa shape index (κ1) is 17.4. The molecule has 0 unspecified atom stereocenters. The van der Waals surface area contributed by atoms with Crippen molar-refractivity contribution in [3.05, 3.63) is 27.4 Å². The van der Waals surface area contributed by atoms with Crippen LogP contribution in [0.1, 0.15) is 22.7 Å². The van der Waals surface area contributed by atoms with Gasteiger partial charge in [-0.2, -0.15) is 13.2 Å². The Bertz CT molecular complexity index is 709. The number of carbonyl (C=O) groups is 1. The average molecular weight is 374 g/mol. The van der Waals surface area contributed by atoms with E-state index in [-0.39, 0.29) is 25.3 Å². The van der Waals surface area contributed by atoms with Crippen LogP contribution in [0.2, 0.25) is 0 Å². The van der Waals surface area contributed by atoms with Crippen molar-refractivity contribution in [2.75, 3.05) is 13.1 Å². The Hall–Kier alpha value is -1.41. The summed E-state index contributed by atoms with van der Waals surface area (Å²) in [7, 11) is 0. The second-order valence-electron chi connectivity index (χ2n) is 5.88. The van der Waals surface area contributed by atoms with Crippen LogP contribution in [0.3, 0.4) is 0 Å². The molecular formula is C16H17F3N2OS2. The van der Waals surface area contributed by atoms with Crippen molar-refractivity contribution in [3.8, 4) is 10.6 Å². The minimum Gasteiger partial charge on any atom is -0.342 e. The highest BCUT2D eigenvalue weighted by Gasteiger charge is 2.42. The van der Waals surface area contributed by atoms with E-state index in [0.29, 0.717) is 13.0 Å². The molecule has 0 radical (unpaired) electrons. The Balaban J connectivity index is 1.74. The van der Waals surface area contributed by atoms with Crippen molar-refractivity contribution in [1.29, 1.82) is 0 Å². The van der Waals surface area contributed by atoms with Gasteiger partial charge < -0.3 is 4.90 Å². The number of halogens is 3. The predicted molar refractivity (Wildman–Crippen MR) is 89.2 cm³/mol. The van der Waals surface area contributed by atoms with Crippen LogP contribution in [0.25, 0.3) is 10.6 Å². The molecular weight excluding hydrogens is 357 g/mol. The molecule has 0 bridgehead atoms. The molecule has 2 aromatic heterocycles. The quantitative estimate of drug-likeness (QED) is 0.791. The highest BCUT2D eigenvalue weighted by atomic mass is 32.1. The van der Waals surface area contributed by atoms with Gasteiger partial charge in [0.15, 0.2) is 0 Å². The zero-order chi connectivity index (χ0) is 17.3. The van der Waals surface area contributed by atoms with Crippen molar-refractivity contribution < 1.29 is 18.0 Å². The predicted octanol–water partition coefficient (Wildman–Crippen LogP) is 4.52. The standard InChI is InChI=1S/C16H17F3N2OS2/c1-10-20-15(12-5-3-7-23-12)13(24-10)8-14(22)21-6-2-4-11(9-21)16(17,18)19/h3,5,7,11H,2,4,6,8-9H2,1H3/t11-/m1/s1. The number of hydrogen-bond donors (Lipinski definition) is 0. The maximum atomic E-state index is 12.9. The van der Waals surface area contributed by atoms with E-state index < -0.39 is 12.1 Å². The van der Waals surface area contributed by atoms with Gasteiger partial charge in [-0.1, -0.05) is 6.07 Å². The maximum Gasteiger partial charge on any atom is 0.393 e. The number of aromatic nitrogens is 1. The number of carbonyl (C=O) groups excluding carboxylic acids is 1. The first-order valence-electron chi connectivity index (χ1n) is 7.69. The lowest BCUT2D eigenvalue weighted by Gasteiger charge is -2.33. The highest BCUT2D eigenvalue weighted by molar-refractivity contribution is 7.15. The number of rotatable bonds is 3. The van der Waals surface area contributed by atoms with E-state index in [1.54, 1.807) is 11.3 Å². The van der Waals surface area contributed by atoms with Crippen LogP contribution in [-0.2, 0) is 11.2 Å². The lowest BCUT2D eigenvalue weighted by atomic mass is 9.97. The van der Waals surface area contributed by atoms with Gasteiger partial charge in [0.05, 0.1) is 27.9 Å². The number of nitrogens with zero attached hydrogens (tertiary/aromatic N) is 2. The third-order valence-corrected chi connectivity index (χ3v) is 5.96. The largest absolute Gasteiger partial charge is 0.393 e. The minimum absolute atomic E-state index is 0.105. The Morgan fingerprint density at radius 2 is 2.25 bits per heavy atom. The molecule has 8 heteroatoms. The van der Waals surface area contributed by atoms with Crippen LogP contribution in [0, 0.1) is 12.8 Å². The third kappa shape index (κ3) is 3.80. The molecule has 0 saturated carbocycles. The van der Waals surface area contributed by atoms with Gasteiger partial charge in [0.1, 0.15) is 0 Å². The summed E-state index contributed by atoms with van der Waals surface area (Å²) in [6, 6.07) is 3.85. The molecule has 1 atom stereocenters.